The summed E-state index contributed by atoms with van der Waals surface area (Å²) in [6, 6.07) is 3.36. The number of fused-ring (bicyclic) bond motifs is 1. The molecule has 0 unspecified atom stereocenters. The van der Waals surface area contributed by atoms with Gasteiger partial charge in [-0.05, 0) is 19.9 Å². The first-order chi connectivity index (χ1) is 9.45. The summed E-state index contributed by atoms with van der Waals surface area (Å²) in [6.07, 6.45) is 0. The normalized spacial score (nSPS) is 13.2. The first-order valence-corrected chi connectivity index (χ1v) is 6.35. The Hall–Kier alpha value is -2.44. The monoisotopic (exact) mass is 278 g/mol. The molecule has 5 N–H and O–H groups in total. The van der Waals surface area contributed by atoms with Gasteiger partial charge in [-0.1, -0.05) is 0 Å². The van der Waals surface area contributed by atoms with Crippen molar-refractivity contribution in [1.29, 1.82) is 0 Å². The fourth-order valence-corrected chi connectivity index (χ4v) is 1.84. The predicted molar refractivity (Wildman–Crippen MR) is 76.7 cm³/mol. The molecule has 20 heavy (non-hydrogen) atoms. The highest BCUT2D eigenvalue weighted by Crippen LogP contribution is 2.34. The van der Waals surface area contributed by atoms with Crippen LogP contribution in [0.15, 0.2) is 12.1 Å². The van der Waals surface area contributed by atoms with Gasteiger partial charge in [0.25, 0.3) is 5.91 Å². The second-order valence-corrected chi connectivity index (χ2v) is 4.85. The third-order valence-corrected chi connectivity index (χ3v) is 2.67. The Morgan fingerprint density at radius 3 is 2.95 bits per heavy atom. The van der Waals surface area contributed by atoms with Crippen molar-refractivity contribution in [1.82, 2.24) is 5.32 Å². The Balaban J connectivity index is 2.07. The number of ether oxygens (including phenoxy) is 1. The summed E-state index contributed by atoms with van der Waals surface area (Å²) in [7, 11) is 0. The van der Waals surface area contributed by atoms with Crippen molar-refractivity contribution in [2.75, 3.05) is 29.5 Å². The lowest BCUT2D eigenvalue weighted by Gasteiger charge is -2.20. The van der Waals surface area contributed by atoms with Crippen LogP contribution in [0.5, 0.6) is 5.75 Å². The van der Waals surface area contributed by atoms with Crippen molar-refractivity contribution >= 4 is 28.9 Å². The number of carbonyl (C=O) groups is 2. The van der Waals surface area contributed by atoms with Crippen LogP contribution in [0.4, 0.5) is 17.1 Å². The van der Waals surface area contributed by atoms with Crippen molar-refractivity contribution in [3.63, 3.8) is 0 Å². The number of rotatable bonds is 4. The largest absolute Gasteiger partial charge is 0.482 e. The minimum absolute atomic E-state index is 0.0178. The van der Waals surface area contributed by atoms with Crippen LogP contribution in [0.1, 0.15) is 13.8 Å². The molecular weight excluding hydrogens is 260 g/mol. The summed E-state index contributed by atoms with van der Waals surface area (Å²) in [5.41, 5.74) is 7.46. The first kappa shape index (κ1) is 14.0. The molecule has 0 spiro atoms. The summed E-state index contributed by atoms with van der Waals surface area (Å²) >= 11 is 0. The minimum Gasteiger partial charge on any atom is -0.482 e. The summed E-state index contributed by atoms with van der Waals surface area (Å²) < 4.78 is 5.25. The van der Waals surface area contributed by atoms with Crippen LogP contribution in [0.3, 0.4) is 0 Å². The van der Waals surface area contributed by atoms with Crippen molar-refractivity contribution in [2.45, 2.75) is 19.9 Å². The van der Waals surface area contributed by atoms with Gasteiger partial charge in [0.1, 0.15) is 5.75 Å². The number of amides is 2. The first-order valence-electron chi connectivity index (χ1n) is 6.35. The van der Waals surface area contributed by atoms with Gasteiger partial charge in [0, 0.05) is 12.1 Å². The molecule has 1 aliphatic heterocycles. The number of nitrogens with one attached hydrogen (secondary N) is 3. The third-order valence-electron chi connectivity index (χ3n) is 2.67. The van der Waals surface area contributed by atoms with Crippen LogP contribution in [0.25, 0.3) is 0 Å². The van der Waals surface area contributed by atoms with E-state index in [9.17, 15) is 9.59 Å². The zero-order chi connectivity index (χ0) is 14.7. The van der Waals surface area contributed by atoms with Crippen LogP contribution in [0.2, 0.25) is 0 Å². The van der Waals surface area contributed by atoms with Gasteiger partial charge in [-0.25, -0.2) is 0 Å². The van der Waals surface area contributed by atoms with E-state index >= 15 is 0 Å². The van der Waals surface area contributed by atoms with Gasteiger partial charge >= 0.3 is 0 Å². The number of anilines is 3. The lowest BCUT2D eigenvalue weighted by Crippen LogP contribution is -2.35. The van der Waals surface area contributed by atoms with Crippen molar-refractivity contribution in [2.24, 2.45) is 0 Å². The van der Waals surface area contributed by atoms with E-state index in [1.54, 1.807) is 12.1 Å². The SMILES string of the molecule is CC(C)NC(=O)CNc1cc2c(cc1N)OCC(=O)N2. The molecular formula is C13H18N4O3. The number of hydrogen-bond acceptors (Lipinski definition) is 5. The van der Waals surface area contributed by atoms with Crippen LogP contribution in [0, 0.1) is 0 Å². The maximum Gasteiger partial charge on any atom is 0.262 e. The van der Waals surface area contributed by atoms with Crippen molar-refractivity contribution in [3.8, 4) is 5.75 Å². The quantitative estimate of drug-likeness (QED) is 0.601. The Bertz CT molecular complexity index is 543. The van der Waals surface area contributed by atoms with Gasteiger partial charge in [0.15, 0.2) is 6.61 Å². The van der Waals surface area contributed by atoms with Crippen LogP contribution in [-0.2, 0) is 9.59 Å². The maximum atomic E-state index is 11.6. The summed E-state index contributed by atoms with van der Waals surface area (Å²) in [4.78, 5) is 22.8. The molecule has 108 valence electrons. The van der Waals surface area contributed by atoms with E-state index in [1.165, 1.54) is 0 Å². The molecule has 2 rings (SSSR count). The molecule has 0 fully saturated rings. The molecule has 7 nitrogen and oxygen atoms in total. The van der Waals surface area contributed by atoms with Crippen LogP contribution < -0.4 is 26.4 Å². The van der Waals surface area contributed by atoms with E-state index < -0.39 is 0 Å². The molecule has 0 aliphatic carbocycles. The molecule has 0 aromatic heterocycles. The Kier molecular flexibility index (Phi) is 3.97. The smallest absolute Gasteiger partial charge is 0.262 e. The fourth-order valence-electron chi connectivity index (χ4n) is 1.84. The molecule has 0 saturated carbocycles. The summed E-state index contributed by atoms with van der Waals surface area (Å²) in [5, 5.41) is 8.39. The van der Waals surface area contributed by atoms with Crippen molar-refractivity contribution < 1.29 is 14.3 Å². The molecule has 1 aliphatic rings. The van der Waals surface area contributed by atoms with Crippen LogP contribution >= 0.6 is 0 Å². The molecule has 7 heteroatoms. The zero-order valence-electron chi connectivity index (χ0n) is 11.4. The van der Waals surface area contributed by atoms with E-state index in [0.29, 0.717) is 22.8 Å². The van der Waals surface area contributed by atoms with Gasteiger partial charge in [-0.3, -0.25) is 9.59 Å². The average molecular weight is 278 g/mol. The standard InChI is InChI=1S/C13H18N4O3/c1-7(2)16-12(18)5-15-9-4-10-11(3-8(9)14)20-6-13(19)17-10/h3-4,7,15H,5-6,14H2,1-2H3,(H,16,18)(H,17,19). The number of carbonyl (C=O) groups excluding carboxylic acids is 2. The number of hydrogen-bond donors (Lipinski definition) is 4. The minimum atomic E-state index is -0.217. The van der Waals surface area contributed by atoms with E-state index in [-0.39, 0.29) is 31.0 Å². The number of benzene rings is 1. The maximum absolute atomic E-state index is 11.6. The molecule has 1 aromatic rings. The molecule has 1 heterocycles. The van der Waals surface area contributed by atoms with E-state index in [2.05, 4.69) is 16.0 Å². The second-order valence-electron chi connectivity index (χ2n) is 4.85. The molecule has 0 bridgehead atoms. The van der Waals surface area contributed by atoms with Gasteiger partial charge < -0.3 is 26.4 Å². The highest BCUT2D eigenvalue weighted by Gasteiger charge is 2.18. The number of nitrogen functional groups attached to an aromatic ring is 1. The molecule has 0 atom stereocenters. The Labute approximate surface area is 116 Å². The lowest BCUT2D eigenvalue weighted by molar-refractivity contribution is -0.120. The van der Waals surface area contributed by atoms with Gasteiger partial charge in [-0.2, -0.15) is 0 Å². The number of nitrogens with two attached hydrogens (primary N) is 1. The fraction of sp³-hybridized carbons (Fsp3) is 0.385. The Morgan fingerprint density at radius 2 is 2.25 bits per heavy atom. The van der Waals surface area contributed by atoms with E-state index in [1.807, 2.05) is 13.8 Å². The predicted octanol–water partition coefficient (Wildman–Crippen LogP) is 0.536. The van der Waals surface area contributed by atoms with Gasteiger partial charge in [0.2, 0.25) is 5.91 Å². The van der Waals surface area contributed by atoms with Crippen LogP contribution in [-0.4, -0.2) is 31.0 Å². The topological polar surface area (TPSA) is 105 Å². The highest BCUT2D eigenvalue weighted by molar-refractivity contribution is 5.97. The van der Waals surface area contributed by atoms with Gasteiger partial charge in [0.05, 0.1) is 23.6 Å². The van der Waals surface area contributed by atoms with E-state index in [0.717, 1.165) is 0 Å². The van der Waals surface area contributed by atoms with Crippen molar-refractivity contribution in [3.05, 3.63) is 12.1 Å². The highest BCUT2D eigenvalue weighted by atomic mass is 16.5. The zero-order valence-corrected chi connectivity index (χ0v) is 11.4. The van der Waals surface area contributed by atoms with E-state index in [4.69, 9.17) is 10.5 Å². The molecule has 2 amide bonds. The molecule has 1 aromatic carbocycles. The summed E-state index contributed by atoms with van der Waals surface area (Å²) in [6.45, 7) is 3.86. The lowest BCUT2D eigenvalue weighted by atomic mass is 10.2. The molecule has 0 radical (unpaired) electrons. The average Bonchev–Trinajstić information content (AvgIpc) is 2.36. The molecule has 0 saturated heterocycles. The summed E-state index contributed by atoms with van der Waals surface area (Å²) in [5.74, 6) is 0.183. The Morgan fingerprint density at radius 1 is 1.50 bits per heavy atom. The third kappa shape index (κ3) is 3.31. The van der Waals surface area contributed by atoms with Gasteiger partial charge in [-0.15, -0.1) is 0 Å². The second kappa shape index (κ2) is 5.68.